The fourth-order valence-electron chi connectivity index (χ4n) is 2.23. The molecule has 0 spiro atoms. The number of aryl methyl sites for hydroxylation is 1. The molecule has 1 fully saturated rings. The molecule has 1 aliphatic heterocycles. The van der Waals surface area contributed by atoms with Gasteiger partial charge in [-0.3, -0.25) is 0 Å². The molecule has 2 N–H and O–H groups in total. The molecule has 1 aliphatic rings. The highest BCUT2D eigenvalue weighted by Crippen LogP contribution is 2.28. The van der Waals surface area contributed by atoms with Crippen LogP contribution in [0.4, 0.5) is 5.13 Å². The third kappa shape index (κ3) is 2.38. The average Bonchev–Trinajstić information content (AvgIpc) is 2.78. The van der Waals surface area contributed by atoms with Crippen LogP contribution < -0.4 is 10.6 Å². The summed E-state index contributed by atoms with van der Waals surface area (Å²) in [6.45, 7) is 7.47. The minimum atomic E-state index is 0.628. The van der Waals surface area contributed by atoms with E-state index in [0.717, 1.165) is 32.0 Å². The minimum Gasteiger partial charge on any atom is -0.348 e. The van der Waals surface area contributed by atoms with E-state index in [0.29, 0.717) is 5.92 Å². The highest BCUT2D eigenvalue weighted by molar-refractivity contribution is 7.13. The molecule has 2 heterocycles. The van der Waals surface area contributed by atoms with Crippen LogP contribution in [0, 0.1) is 11.8 Å². The molecule has 1 saturated heterocycles. The first-order chi connectivity index (χ1) is 7.74. The molecular formula is C12H21N3S. The zero-order valence-electron chi connectivity index (χ0n) is 10.1. The molecule has 0 aromatic carbocycles. The molecule has 0 amide bonds. The van der Waals surface area contributed by atoms with Gasteiger partial charge in [0.25, 0.3) is 0 Å². The topological polar surface area (TPSA) is 42.1 Å². The third-order valence-electron chi connectivity index (χ3n) is 3.59. The van der Waals surface area contributed by atoms with E-state index in [4.69, 9.17) is 5.73 Å². The first-order valence-corrected chi connectivity index (χ1v) is 7.02. The Balaban J connectivity index is 2.05. The van der Waals surface area contributed by atoms with Gasteiger partial charge in [-0.25, -0.2) is 4.98 Å². The molecule has 2 unspecified atom stereocenters. The van der Waals surface area contributed by atoms with Crippen molar-refractivity contribution in [2.24, 2.45) is 17.6 Å². The summed E-state index contributed by atoms with van der Waals surface area (Å²) in [4.78, 5) is 7.05. The Morgan fingerprint density at radius 3 is 3.06 bits per heavy atom. The maximum absolute atomic E-state index is 5.82. The fraction of sp³-hybridized carbons (Fsp3) is 0.750. The van der Waals surface area contributed by atoms with Crippen molar-refractivity contribution in [2.75, 3.05) is 24.5 Å². The van der Waals surface area contributed by atoms with E-state index in [1.54, 1.807) is 11.3 Å². The summed E-state index contributed by atoms with van der Waals surface area (Å²) < 4.78 is 0. The molecule has 16 heavy (non-hydrogen) atoms. The van der Waals surface area contributed by atoms with E-state index in [1.165, 1.54) is 17.2 Å². The molecule has 1 aromatic rings. The van der Waals surface area contributed by atoms with Crippen LogP contribution in [0.5, 0.6) is 0 Å². The highest BCUT2D eigenvalue weighted by Gasteiger charge is 2.26. The molecule has 90 valence electrons. The van der Waals surface area contributed by atoms with E-state index < -0.39 is 0 Å². The number of hydrogen-bond acceptors (Lipinski definition) is 4. The van der Waals surface area contributed by atoms with Crippen molar-refractivity contribution in [1.29, 1.82) is 0 Å². The molecule has 0 bridgehead atoms. The van der Waals surface area contributed by atoms with Gasteiger partial charge in [-0.2, -0.15) is 0 Å². The van der Waals surface area contributed by atoms with Crippen LogP contribution in [-0.2, 0) is 6.42 Å². The van der Waals surface area contributed by atoms with Crippen LogP contribution in [0.25, 0.3) is 0 Å². The monoisotopic (exact) mass is 239 g/mol. The lowest BCUT2D eigenvalue weighted by Gasteiger charge is -2.36. The summed E-state index contributed by atoms with van der Waals surface area (Å²) in [7, 11) is 0. The zero-order valence-corrected chi connectivity index (χ0v) is 11.0. The van der Waals surface area contributed by atoms with Gasteiger partial charge in [0.2, 0.25) is 0 Å². The van der Waals surface area contributed by atoms with Gasteiger partial charge in [-0.15, -0.1) is 11.3 Å². The summed E-state index contributed by atoms with van der Waals surface area (Å²) in [5, 5.41) is 3.35. The van der Waals surface area contributed by atoms with Gasteiger partial charge >= 0.3 is 0 Å². The Hall–Kier alpha value is -0.610. The number of hydrogen-bond donors (Lipinski definition) is 1. The zero-order chi connectivity index (χ0) is 11.5. The maximum atomic E-state index is 5.82. The van der Waals surface area contributed by atoms with Crippen molar-refractivity contribution in [3.63, 3.8) is 0 Å². The van der Waals surface area contributed by atoms with Crippen molar-refractivity contribution in [1.82, 2.24) is 4.98 Å². The number of thiazole rings is 1. The summed E-state index contributed by atoms with van der Waals surface area (Å²) in [6.07, 6.45) is 2.27. The van der Waals surface area contributed by atoms with Gasteiger partial charge in [0.05, 0.1) is 5.69 Å². The lowest BCUT2D eigenvalue weighted by molar-refractivity contribution is 0.307. The van der Waals surface area contributed by atoms with Crippen molar-refractivity contribution in [2.45, 2.75) is 26.7 Å². The number of anilines is 1. The molecule has 1 aromatic heterocycles. The van der Waals surface area contributed by atoms with E-state index >= 15 is 0 Å². The number of aromatic nitrogens is 1. The molecule has 0 radical (unpaired) electrons. The Morgan fingerprint density at radius 2 is 2.44 bits per heavy atom. The van der Waals surface area contributed by atoms with Gasteiger partial charge in [-0.1, -0.05) is 13.8 Å². The number of nitrogens with zero attached hydrogens (tertiary/aromatic N) is 2. The maximum Gasteiger partial charge on any atom is 0.185 e. The molecular weight excluding hydrogens is 218 g/mol. The summed E-state index contributed by atoms with van der Waals surface area (Å²) in [5.74, 6) is 1.38. The lowest BCUT2D eigenvalue weighted by Crippen LogP contribution is -2.42. The van der Waals surface area contributed by atoms with Gasteiger partial charge in [0, 0.05) is 18.5 Å². The summed E-state index contributed by atoms with van der Waals surface area (Å²) >= 11 is 1.77. The normalized spacial score (nSPS) is 26.1. The van der Waals surface area contributed by atoms with Crippen LogP contribution in [-0.4, -0.2) is 24.6 Å². The fourth-order valence-corrected chi connectivity index (χ4v) is 3.18. The molecule has 0 saturated carbocycles. The second kappa shape index (κ2) is 5.15. The van der Waals surface area contributed by atoms with Gasteiger partial charge in [0.15, 0.2) is 5.13 Å². The first-order valence-electron chi connectivity index (χ1n) is 6.14. The van der Waals surface area contributed by atoms with Crippen LogP contribution in [0.15, 0.2) is 5.38 Å². The van der Waals surface area contributed by atoms with Crippen LogP contribution >= 0.6 is 11.3 Å². The minimum absolute atomic E-state index is 0.628. The van der Waals surface area contributed by atoms with E-state index in [-0.39, 0.29) is 0 Å². The van der Waals surface area contributed by atoms with Gasteiger partial charge in [-0.05, 0) is 31.2 Å². The Kier molecular flexibility index (Phi) is 3.82. The largest absolute Gasteiger partial charge is 0.348 e. The molecule has 2 atom stereocenters. The third-order valence-corrected chi connectivity index (χ3v) is 4.54. The average molecular weight is 239 g/mol. The second-order valence-corrected chi connectivity index (χ2v) is 5.52. The van der Waals surface area contributed by atoms with Crippen molar-refractivity contribution in [3.8, 4) is 0 Å². The quantitative estimate of drug-likeness (QED) is 0.878. The Labute approximate surface area is 102 Å². The summed E-state index contributed by atoms with van der Waals surface area (Å²) in [5.41, 5.74) is 7.03. The van der Waals surface area contributed by atoms with Crippen LogP contribution in [0.1, 0.15) is 26.0 Å². The molecule has 3 nitrogen and oxygen atoms in total. The number of rotatable bonds is 3. The predicted octanol–water partition coefficient (Wildman–Crippen LogP) is 2.13. The predicted molar refractivity (Wildman–Crippen MR) is 70.0 cm³/mol. The van der Waals surface area contributed by atoms with Crippen molar-refractivity contribution >= 4 is 16.5 Å². The summed E-state index contributed by atoms with van der Waals surface area (Å²) in [6, 6.07) is 0. The molecule has 4 heteroatoms. The Morgan fingerprint density at radius 1 is 1.62 bits per heavy atom. The second-order valence-electron chi connectivity index (χ2n) is 4.68. The van der Waals surface area contributed by atoms with Gasteiger partial charge in [0.1, 0.15) is 0 Å². The van der Waals surface area contributed by atoms with E-state index in [9.17, 15) is 0 Å². The first kappa shape index (κ1) is 11.9. The van der Waals surface area contributed by atoms with Crippen molar-refractivity contribution < 1.29 is 0 Å². The molecule has 0 aliphatic carbocycles. The van der Waals surface area contributed by atoms with Crippen molar-refractivity contribution in [3.05, 3.63) is 11.1 Å². The van der Waals surface area contributed by atoms with Crippen LogP contribution in [0.3, 0.4) is 0 Å². The number of nitrogens with two attached hydrogens (primary N) is 1. The smallest absolute Gasteiger partial charge is 0.185 e. The molecule has 2 rings (SSSR count). The lowest BCUT2D eigenvalue weighted by atomic mass is 9.87. The van der Waals surface area contributed by atoms with E-state index in [1.807, 2.05) is 0 Å². The SMILES string of the molecule is CCc1csc(N2CCC(C)C(CN)C2)n1. The van der Waals surface area contributed by atoms with Crippen LogP contribution in [0.2, 0.25) is 0 Å². The number of piperidine rings is 1. The van der Waals surface area contributed by atoms with Gasteiger partial charge < -0.3 is 10.6 Å². The standard InChI is InChI=1S/C12H21N3S/c1-3-11-8-16-12(14-11)15-5-4-9(2)10(6-13)7-15/h8-10H,3-7,13H2,1-2H3. The highest BCUT2D eigenvalue weighted by atomic mass is 32.1. The Bertz CT molecular complexity index is 337. The van der Waals surface area contributed by atoms with E-state index in [2.05, 4.69) is 29.1 Å².